The Morgan fingerprint density at radius 1 is 1.56 bits per heavy atom. The monoisotopic (exact) mass is 251 g/mol. The van der Waals surface area contributed by atoms with Gasteiger partial charge < -0.3 is 16.0 Å². The van der Waals surface area contributed by atoms with Gasteiger partial charge in [0.25, 0.3) is 0 Å². The highest BCUT2D eigenvalue weighted by atomic mass is 16.1. The van der Waals surface area contributed by atoms with Gasteiger partial charge in [-0.15, -0.1) is 0 Å². The summed E-state index contributed by atoms with van der Waals surface area (Å²) < 4.78 is 1.64. The van der Waals surface area contributed by atoms with Gasteiger partial charge in [-0.1, -0.05) is 0 Å². The van der Waals surface area contributed by atoms with Gasteiger partial charge in [-0.3, -0.25) is 9.48 Å². The van der Waals surface area contributed by atoms with Gasteiger partial charge in [0.2, 0.25) is 5.91 Å². The molecule has 6 nitrogen and oxygen atoms in total. The molecule has 6 heteroatoms. The Balaban J connectivity index is 1.77. The van der Waals surface area contributed by atoms with Crippen LogP contribution in [0.2, 0.25) is 0 Å². The summed E-state index contributed by atoms with van der Waals surface area (Å²) in [6.07, 6.45) is 6.08. The van der Waals surface area contributed by atoms with Crippen molar-refractivity contribution in [3.63, 3.8) is 0 Å². The van der Waals surface area contributed by atoms with Crippen LogP contribution in [0.3, 0.4) is 0 Å². The molecule has 100 valence electrons. The standard InChI is InChI=1S/C12H21N5O/c1-13-12(18)9-17-8-11(7-16-17)15-6-10-2-4-14-5-3-10/h7-8,10,14-15H,2-6,9H2,1H3,(H,13,18). The van der Waals surface area contributed by atoms with E-state index in [0.717, 1.165) is 31.2 Å². The van der Waals surface area contributed by atoms with E-state index in [0.29, 0.717) is 0 Å². The fourth-order valence-electron chi connectivity index (χ4n) is 2.12. The summed E-state index contributed by atoms with van der Waals surface area (Å²) in [5.74, 6) is 0.691. The molecule has 1 saturated heterocycles. The first kappa shape index (κ1) is 12.9. The molecule has 0 spiro atoms. The lowest BCUT2D eigenvalue weighted by atomic mass is 9.98. The molecule has 1 aliphatic heterocycles. The van der Waals surface area contributed by atoms with Gasteiger partial charge in [0.1, 0.15) is 6.54 Å². The SMILES string of the molecule is CNC(=O)Cn1cc(NCC2CCNCC2)cn1. The molecule has 1 aromatic rings. The van der Waals surface area contributed by atoms with E-state index in [1.807, 2.05) is 6.20 Å². The van der Waals surface area contributed by atoms with E-state index in [2.05, 4.69) is 21.0 Å². The van der Waals surface area contributed by atoms with Crippen LogP contribution >= 0.6 is 0 Å². The van der Waals surface area contributed by atoms with Crippen molar-refractivity contribution >= 4 is 11.6 Å². The number of hydrogen-bond acceptors (Lipinski definition) is 4. The molecule has 0 saturated carbocycles. The average Bonchev–Trinajstić information content (AvgIpc) is 2.85. The van der Waals surface area contributed by atoms with E-state index in [4.69, 9.17) is 0 Å². The topological polar surface area (TPSA) is 71.0 Å². The zero-order valence-electron chi connectivity index (χ0n) is 10.8. The van der Waals surface area contributed by atoms with Crippen LogP contribution in [0.5, 0.6) is 0 Å². The van der Waals surface area contributed by atoms with Crippen molar-refractivity contribution in [1.29, 1.82) is 0 Å². The van der Waals surface area contributed by atoms with E-state index in [-0.39, 0.29) is 12.5 Å². The van der Waals surface area contributed by atoms with Gasteiger partial charge in [0.15, 0.2) is 0 Å². The molecule has 0 aliphatic carbocycles. The minimum atomic E-state index is -0.0389. The molecule has 1 amide bonds. The molecule has 3 N–H and O–H groups in total. The third-order valence-electron chi connectivity index (χ3n) is 3.27. The first-order valence-corrected chi connectivity index (χ1v) is 6.45. The maximum Gasteiger partial charge on any atom is 0.241 e. The van der Waals surface area contributed by atoms with Crippen LogP contribution in [-0.2, 0) is 11.3 Å². The summed E-state index contributed by atoms with van der Waals surface area (Å²) in [6, 6.07) is 0. The second-order valence-electron chi connectivity index (χ2n) is 4.67. The van der Waals surface area contributed by atoms with Crippen LogP contribution in [-0.4, -0.2) is 42.4 Å². The Hall–Kier alpha value is -1.56. The van der Waals surface area contributed by atoms with Crippen molar-refractivity contribution in [3.8, 4) is 0 Å². The molecule has 0 unspecified atom stereocenters. The first-order chi connectivity index (χ1) is 8.78. The normalized spacial score (nSPS) is 16.5. The number of carbonyl (C=O) groups is 1. The van der Waals surface area contributed by atoms with Crippen LogP contribution in [0, 0.1) is 5.92 Å². The zero-order chi connectivity index (χ0) is 12.8. The van der Waals surface area contributed by atoms with Gasteiger partial charge in [-0.05, 0) is 31.8 Å². The summed E-state index contributed by atoms with van der Waals surface area (Å²) in [7, 11) is 1.63. The number of carbonyl (C=O) groups excluding carboxylic acids is 1. The smallest absolute Gasteiger partial charge is 0.241 e. The molecule has 1 aromatic heterocycles. The third-order valence-corrected chi connectivity index (χ3v) is 3.27. The molecule has 0 bridgehead atoms. The Morgan fingerprint density at radius 2 is 2.33 bits per heavy atom. The molecule has 0 aromatic carbocycles. The lowest BCUT2D eigenvalue weighted by molar-refractivity contribution is -0.121. The number of rotatable bonds is 5. The summed E-state index contributed by atoms with van der Waals surface area (Å²) in [5.41, 5.74) is 0.984. The van der Waals surface area contributed by atoms with Crippen molar-refractivity contribution in [1.82, 2.24) is 20.4 Å². The Bertz CT molecular complexity index is 384. The zero-order valence-corrected chi connectivity index (χ0v) is 10.8. The molecule has 2 rings (SSSR count). The maximum absolute atomic E-state index is 11.2. The second kappa shape index (κ2) is 6.39. The lowest BCUT2D eigenvalue weighted by Gasteiger charge is -2.22. The van der Waals surface area contributed by atoms with E-state index < -0.39 is 0 Å². The van der Waals surface area contributed by atoms with Crippen molar-refractivity contribution < 1.29 is 4.79 Å². The Labute approximate surface area is 107 Å². The predicted molar refractivity (Wildman–Crippen MR) is 70.4 cm³/mol. The van der Waals surface area contributed by atoms with Gasteiger partial charge in [0, 0.05) is 19.8 Å². The summed E-state index contributed by atoms with van der Waals surface area (Å²) in [6.45, 7) is 3.48. The number of nitrogens with one attached hydrogen (secondary N) is 3. The molecular weight excluding hydrogens is 230 g/mol. The number of nitrogens with zero attached hydrogens (tertiary/aromatic N) is 2. The highest BCUT2D eigenvalue weighted by Gasteiger charge is 2.12. The van der Waals surface area contributed by atoms with Gasteiger partial charge in [-0.2, -0.15) is 5.10 Å². The number of anilines is 1. The van der Waals surface area contributed by atoms with Crippen LogP contribution < -0.4 is 16.0 Å². The fraction of sp³-hybridized carbons (Fsp3) is 0.667. The van der Waals surface area contributed by atoms with E-state index in [9.17, 15) is 4.79 Å². The Kier molecular flexibility index (Phi) is 4.58. The fourth-order valence-corrected chi connectivity index (χ4v) is 2.12. The van der Waals surface area contributed by atoms with Crippen LogP contribution in [0.1, 0.15) is 12.8 Å². The van der Waals surface area contributed by atoms with Crippen LogP contribution in [0.4, 0.5) is 5.69 Å². The molecule has 1 fully saturated rings. The molecule has 1 aliphatic rings. The summed E-state index contributed by atoms with van der Waals surface area (Å²) in [5, 5.41) is 13.5. The largest absolute Gasteiger partial charge is 0.382 e. The Morgan fingerprint density at radius 3 is 3.06 bits per heavy atom. The maximum atomic E-state index is 11.2. The highest BCUT2D eigenvalue weighted by molar-refractivity contribution is 5.75. The molecular formula is C12H21N5O. The molecule has 2 heterocycles. The van der Waals surface area contributed by atoms with E-state index >= 15 is 0 Å². The lowest BCUT2D eigenvalue weighted by Crippen LogP contribution is -2.31. The van der Waals surface area contributed by atoms with Crippen LogP contribution in [0.25, 0.3) is 0 Å². The van der Waals surface area contributed by atoms with Gasteiger partial charge in [0.05, 0.1) is 11.9 Å². The number of hydrogen-bond donors (Lipinski definition) is 3. The minimum Gasteiger partial charge on any atom is -0.382 e. The van der Waals surface area contributed by atoms with Crippen molar-refractivity contribution in [2.24, 2.45) is 5.92 Å². The van der Waals surface area contributed by atoms with E-state index in [1.54, 1.807) is 17.9 Å². The number of likely N-dealkylation sites (N-methyl/N-ethyl adjacent to an activating group) is 1. The number of aromatic nitrogens is 2. The summed E-state index contributed by atoms with van der Waals surface area (Å²) >= 11 is 0. The van der Waals surface area contributed by atoms with Crippen molar-refractivity contribution in [3.05, 3.63) is 12.4 Å². The van der Waals surface area contributed by atoms with Crippen molar-refractivity contribution in [2.75, 3.05) is 32.0 Å². The molecule has 0 radical (unpaired) electrons. The second-order valence-corrected chi connectivity index (χ2v) is 4.67. The number of amides is 1. The number of piperidine rings is 1. The quantitative estimate of drug-likeness (QED) is 0.691. The average molecular weight is 251 g/mol. The first-order valence-electron chi connectivity index (χ1n) is 6.45. The highest BCUT2D eigenvalue weighted by Crippen LogP contribution is 2.13. The van der Waals surface area contributed by atoms with Crippen molar-refractivity contribution in [2.45, 2.75) is 19.4 Å². The minimum absolute atomic E-state index is 0.0389. The van der Waals surface area contributed by atoms with Crippen LogP contribution in [0.15, 0.2) is 12.4 Å². The third kappa shape index (κ3) is 3.73. The van der Waals surface area contributed by atoms with Gasteiger partial charge in [-0.25, -0.2) is 0 Å². The van der Waals surface area contributed by atoms with Gasteiger partial charge >= 0.3 is 0 Å². The van der Waals surface area contributed by atoms with E-state index in [1.165, 1.54) is 12.8 Å². The summed E-state index contributed by atoms with van der Waals surface area (Å²) in [4.78, 5) is 11.2. The predicted octanol–water partition coefficient (Wildman–Crippen LogP) is 0.0406. The molecule has 18 heavy (non-hydrogen) atoms. The molecule has 0 atom stereocenters.